The maximum Gasteiger partial charge on any atom is 0.146 e. The molecule has 1 fully saturated rings. The molecule has 0 unspecified atom stereocenters. The molecule has 1 saturated heterocycles. The van der Waals surface area contributed by atoms with Crippen molar-refractivity contribution in [2.45, 2.75) is 19.8 Å². The van der Waals surface area contributed by atoms with Gasteiger partial charge in [-0.15, -0.1) is 0 Å². The van der Waals surface area contributed by atoms with Crippen molar-refractivity contribution in [2.75, 3.05) is 31.2 Å². The van der Waals surface area contributed by atoms with Gasteiger partial charge in [-0.3, -0.25) is 0 Å². The van der Waals surface area contributed by atoms with E-state index in [4.69, 9.17) is 4.74 Å². The first-order chi connectivity index (χ1) is 9.21. The van der Waals surface area contributed by atoms with E-state index in [1.807, 2.05) is 17.9 Å². The van der Waals surface area contributed by atoms with Crippen molar-refractivity contribution in [1.82, 2.24) is 0 Å². The molecule has 0 radical (unpaired) electrons. The Balaban J connectivity index is 2.18. The number of anilines is 1. The summed E-state index contributed by atoms with van der Waals surface area (Å²) in [6.45, 7) is 4.42. The van der Waals surface area contributed by atoms with Crippen LogP contribution in [0.25, 0.3) is 0 Å². The van der Waals surface area contributed by atoms with Crippen LogP contribution in [0.5, 0.6) is 0 Å². The smallest absolute Gasteiger partial charge is 0.146 e. The van der Waals surface area contributed by atoms with Gasteiger partial charge in [-0.1, -0.05) is 12.1 Å². The van der Waals surface area contributed by atoms with Crippen molar-refractivity contribution in [3.05, 3.63) is 30.1 Å². The first kappa shape index (κ1) is 14.0. The van der Waals surface area contributed by atoms with E-state index >= 15 is 0 Å². The maximum atomic E-state index is 13.9. The number of benzene rings is 1. The molecule has 0 atom stereocenters. The van der Waals surface area contributed by atoms with Crippen LogP contribution < -0.4 is 4.90 Å². The first-order valence-electron chi connectivity index (χ1n) is 6.74. The van der Waals surface area contributed by atoms with Gasteiger partial charge in [-0.05, 0) is 31.9 Å². The Morgan fingerprint density at radius 1 is 1.37 bits per heavy atom. The zero-order valence-corrected chi connectivity index (χ0v) is 11.3. The van der Waals surface area contributed by atoms with Crippen LogP contribution >= 0.6 is 0 Å². The quantitative estimate of drug-likeness (QED) is 0.767. The summed E-state index contributed by atoms with van der Waals surface area (Å²) in [4.78, 5) is 13.4. The predicted molar refractivity (Wildman–Crippen MR) is 72.8 cm³/mol. The van der Waals surface area contributed by atoms with Crippen LogP contribution in [0.15, 0.2) is 24.3 Å². The SMILES string of the molecule is CCN(CC1(C=O)CCOCC1)c1ccccc1F. The first-order valence-corrected chi connectivity index (χ1v) is 6.74. The summed E-state index contributed by atoms with van der Waals surface area (Å²) in [5, 5.41) is 0. The third-order valence-electron chi connectivity index (χ3n) is 3.82. The summed E-state index contributed by atoms with van der Waals surface area (Å²) >= 11 is 0. The van der Waals surface area contributed by atoms with Gasteiger partial charge in [-0.25, -0.2) is 4.39 Å². The zero-order chi connectivity index (χ0) is 13.7. The molecule has 104 valence electrons. The summed E-state index contributed by atoms with van der Waals surface area (Å²) in [5.41, 5.74) is 0.161. The van der Waals surface area contributed by atoms with Gasteiger partial charge < -0.3 is 14.4 Å². The molecule has 1 heterocycles. The highest BCUT2D eigenvalue weighted by Crippen LogP contribution is 2.31. The number of para-hydroxylation sites is 1. The summed E-state index contributed by atoms with van der Waals surface area (Å²) < 4.78 is 19.2. The zero-order valence-electron chi connectivity index (χ0n) is 11.3. The molecule has 0 aliphatic carbocycles. The molecule has 0 amide bonds. The Hall–Kier alpha value is -1.42. The Labute approximate surface area is 113 Å². The molecule has 1 aromatic carbocycles. The molecular formula is C15H20FNO2. The molecule has 1 aromatic rings. The molecule has 0 aromatic heterocycles. The second-order valence-corrected chi connectivity index (χ2v) is 5.06. The van der Waals surface area contributed by atoms with Crippen LogP contribution in [-0.2, 0) is 9.53 Å². The van der Waals surface area contributed by atoms with Gasteiger partial charge in [0.05, 0.1) is 5.69 Å². The molecule has 0 N–H and O–H groups in total. The Morgan fingerprint density at radius 2 is 2.05 bits per heavy atom. The van der Waals surface area contributed by atoms with Gasteiger partial charge >= 0.3 is 0 Å². The summed E-state index contributed by atoms with van der Waals surface area (Å²) in [6.07, 6.45) is 2.45. The van der Waals surface area contributed by atoms with Crippen LogP contribution in [0.1, 0.15) is 19.8 Å². The van der Waals surface area contributed by atoms with Gasteiger partial charge in [0, 0.05) is 31.7 Å². The van der Waals surface area contributed by atoms with E-state index in [-0.39, 0.29) is 5.82 Å². The van der Waals surface area contributed by atoms with Gasteiger partial charge in [0.15, 0.2) is 0 Å². The van der Waals surface area contributed by atoms with Crippen molar-refractivity contribution >= 4 is 12.0 Å². The lowest BCUT2D eigenvalue weighted by Gasteiger charge is -2.37. The van der Waals surface area contributed by atoms with Crippen LogP contribution in [0.3, 0.4) is 0 Å². The highest BCUT2D eigenvalue weighted by molar-refractivity contribution is 5.62. The Kier molecular flexibility index (Phi) is 4.53. The van der Waals surface area contributed by atoms with Gasteiger partial charge in [0.2, 0.25) is 0 Å². The number of carbonyl (C=O) groups is 1. The van der Waals surface area contributed by atoms with E-state index < -0.39 is 5.41 Å². The second-order valence-electron chi connectivity index (χ2n) is 5.06. The standard InChI is InChI=1S/C15H20FNO2/c1-2-17(14-6-4-3-5-13(14)16)11-15(12-18)7-9-19-10-8-15/h3-6,12H,2,7-11H2,1H3. The number of nitrogens with zero attached hydrogens (tertiary/aromatic N) is 1. The fourth-order valence-electron chi connectivity index (χ4n) is 2.55. The van der Waals surface area contributed by atoms with Crippen molar-refractivity contribution in [2.24, 2.45) is 5.41 Å². The topological polar surface area (TPSA) is 29.5 Å². The number of rotatable bonds is 5. The molecule has 0 spiro atoms. The van der Waals surface area contributed by atoms with Gasteiger partial charge in [0.1, 0.15) is 12.1 Å². The molecule has 3 nitrogen and oxygen atoms in total. The largest absolute Gasteiger partial charge is 0.381 e. The normalized spacial score (nSPS) is 18.0. The number of halogens is 1. The van der Waals surface area contributed by atoms with Crippen molar-refractivity contribution < 1.29 is 13.9 Å². The van der Waals surface area contributed by atoms with Crippen LogP contribution in [0.2, 0.25) is 0 Å². The van der Waals surface area contributed by atoms with E-state index in [1.54, 1.807) is 12.1 Å². The maximum absolute atomic E-state index is 13.9. The third-order valence-corrected chi connectivity index (χ3v) is 3.82. The minimum atomic E-state index is -0.406. The number of hydrogen-bond acceptors (Lipinski definition) is 3. The average molecular weight is 265 g/mol. The molecule has 4 heteroatoms. The van der Waals surface area contributed by atoms with E-state index in [2.05, 4.69) is 0 Å². The van der Waals surface area contributed by atoms with Crippen molar-refractivity contribution in [3.63, 3.8) is 0 Å². The molecule has 1 aliphatic rings. The lowest BCUT2D eigenvalue weighted by atomic mass is 9.81. The predicted octanol–water partition coefficient (Wildman–Crippen LogP) is 2.65. The minimum Gasteiger partial charge on any atom is -0.381 e. The summed E-state index contributed by atoms with van der Waals surface area (Å²) in [5.74, 6) is -0.238. The highest BCUT2D eigenvalue weighted by Gasteiger charge is 2.34. The van der Waals surface area contributed by atoms with Crippen molar-refractivity contribution in [1.29, 1.82) is 0 Å². The summed E-state index contributed by atoms with van der Waals surface area (Å²) in [6, 6.07) is 6.71. The van der Waals surface area contributed by atoms with Crippen LogP contribution in [-0.4, -0.2) is 32.6 Å². The van der Waals surface area contributed by atoms with E-state index in [0.29, 0.717) is 44.8 Å². The fraction of sp³-hybridized carbons (Fsp3) is 0.533. The molecule has 0 bridgehead atoms. The van der Waals surface area contributed by atoms with E-state index in [0.717, 1.165) is 6.29 Å². The number of carbonyl (C=O) groups excluding carboxylic acids is 1. The molecule has 1 aliphatic heterocycles. The van der Waals surface area contributed by atoms with Crippen LogP contribution in [0, 0.1) is 11.2 Å². The molecule has 0 saturated carbocycles. The van der Waals surface area contributed by atoms with Gasteiger partial charge in [-0.2, -0.15) is 0 Å². The Bertz CT molecular complexity index is 430. The average Bonchev–Trinajstić information content (AvgIpc) is 2.47. The fourth-order valence-corrected chi connectivity index (χ4v) is 2.55. The molecule has 2 rings (SSSR count). The lowest BCUT2D eigenvalue weighted by molar-refractivity contribution is -0.120. The van der Waals surface area contributed by atoms with E-state index in [9.17, 15) is 9.18 Å². The number of aldehydes is 1. The van der Waals surface area contributed by atoms with Crippen LogP contribution in [0.4, 0.5) is 10.1 Å². The minimum absolute atomic E-state index is 0.238. The molecule has 19 heavy (non-hydrogen) atoms. The number of hydrogen-bond donors (Lipinski definition) is 0. The van der Waals surface area contributed by atoms with Crippen molar-refractivity contribution in [3.8, 4) is 0 Å². The third kappa shape index (κ3) is 3.13. The second kappa shape index (κ2) is 6.15. The monoisotopic (exact) mass is 265 g/mol. The highest BCUT2D eigenvalue weighted by atomic mass is 19.1. The number of ether oxygens (including phenoxy) is 1. The molecular weight excluding hydrogens is 245 g/mol. The van der Waals surface area contributed by atoms with Gasteiger partial charge in [0.25, 0.3) is 0 Å². The Morgan fingerprint density at radius 3 is 2.63 bits per heavy atom. The lowest BCUT2D eigenvalue weighted by Crippen LogP contribution is -2.43. The van der Waals surface area contributed by atoms with E-state index in [1.165, 1.54) is 6.07 Å². The summed E-state index contributed by atoms with van der Waals surface area (Å²) in [7, 11) is 0.